The van der Waals surface area contributed by atoms with E-state index in [1.807, 2.05) is 65.6 Å². The number of esters is 1. The Kier molecular flexibility index (Phi) is 8.25. The van der Waals surface area contributed by atoms with E-state index in [1.165, 1.54) is 0 Å². The standard InChI is InChI=1S/C26H26ClNO3/c1-2-31-24(29)14-9-19-28(26(30)22-15-17-23(27)18-16-22)25(20-10-5-3-6-11-20)21-12-7-4-8-13-21/h3-8,10-13,15-18,25H,2,9,14,19H2,1H3. The maximum absolute atomic E-state index is 13.6. The average Bonchev–Trinajstić information content (AvgIpc) is 2.80. The summed E-state index contributed by atoms with van der Waals surface area (Å²) in [6.07, 6.45) is 0.767. The molecule has 0 saturated carbocycles. The summed E-state index contributed by atoms with van der Waals surface area (Å²) in [6, 6.07) is 26.5. The van der Waals surface area contributed by atoms with Crippen LogP contribution in [0.2, 0.25) is 5.02 Å². The Bertz CT molecular complexity index is 935. The lowest BCUT2D eigenvalue weighted by atomic mass is 9.96. The van der Waals surface area contributed by atoms with Crippen LogP contribution >= 0.6 is 11.6 Å². The van der Waals surface area contributed by atoms with Crippen LogP contribution in [0.3, 0.4) is 0 Å². The molecule has 0 aromatic heterocycles. The highest BCUT2D eigenvalue weighted by molar-refractivity contribution is 6.30. The van der Waals surface area contributed by atoms with Crippen LogP contribution in [0.5, 0.6) is 0 Å². The molecule has 160 valence electrons. The number of carbonyl (C=O) groups excluding carboxylic acids is 2. The summed E-state index contributed by atoms with van der Waals surface area (Å²) in [6.45, 7) is 2.55. The molecular formula is C26H26ClNO3. The Balaban J connectivity index is 1.97. The van der Waals surface area contributed by atoms with Crippen molar-refractivity contribution >= 4 is 23.5 Å². The number of rotatable bonds is 9. The van der Waals surface area contributed by atoms with Gasteiger partial charge >= 0.3 is 5.97 Å². The minimum absolute atomic E-state index is 0.113. The van der Waals surface area contributed by atoms with Crippen LogP contribution in [0.15, 0.2) is 84.9 Å². The quantitative estimate of drug-likeness (QED) is 0.392. The molecule has 5 heteroatoms. The molecule has 0 heterocycles. The van der Waals surface area contributed by atoms with Crippen molar-refractivity contribution in [2.45, 2.75) is 25.8 Å². The average molecular weight is 436 g/mol. The van der Waals surface area contributed by atoms with E-state index < -0.39 is 0 Å². The summed E-state index contributed by atoms with van der Waals surface area (Å²) >= 11 is 6.02. The Morgan fingerprint density at radius 2 is 1.42 bits per heavy atom. The molecule has 0 aliphatic carbocycles. The van der Waals surface area contributed by atoms with Crippen molar-refractivity contribution in [3.05, 3.63) is 107 Å². The van der Waals surface area contributed by atoms with Crippen LogP contribution in [0, 0.1) is 0 Å². The molecular weight excluding hydrogens is 410 g/mol. The topological polar surface area (TPSA) is 46.6 Å². The van der Waals surface area contributed by atoms with Crippen molar-refractivity contribution in [1.82, 2.24) is 4.90 Å². The summed E-state index contributed by atoms with van der Waals surface area (Å²) in [5.74, 6) is -0.365. The predicted octanol–water partition coefficient (Wildman–Crippen LogP) is 5.92. The van der Waals surface area contributed by atoms with Gasteiger partial charge in [-0.2, -0.15) is 0 Å². The van der Waals surface area contributed by atoms with E-state index in [0.29, 0.717) is 30.2 Å². The van der Waals surface area contributed by atoms with E-state index in [-0.39, 0.29) is 24.3 Å². The van der Waals surface area contributed by atoms with Gasteiger partial charge in [0, 0.05) is 23.6 Å². The second kappa shape index (κ2) is 11.3. The monoisotopic (exact) mass is 435 g/mol. The van der Waals surface area contributed by atoms with Gasteiger partial charge < -0.3 is 9.64 Å². The predicted molar refractivity (Wildman–Crippen MR) is 123 cm³/mol. The highest BCUT2D eigenvalue weighted by Crippen LogP contribution is 2.30. The van der Waals surface area contributed by atoms with Gasteiger partial charge in [0.05, 0.1) is 12.6 Å². The van der Waals surface area contributed by atoms with E-state index in [0.717, 1.165) is 11.1 Å². The molecule has 3 aromatic carbocycles. The molecule has 4 nitrogen and oxygen atoms in total. The van der Waals surface area contributed by atoms with Crippen molar-refractivity contribution in [1.29, 1.82) is 0 Å². The van der Waals surface area contributed by atoms with Gasteiger partial charge in [-0.3, -0.25) is 9.59 Å². The summed E-state index contributed by atoms with van der Waals surface area (Å²) in [7, 11) is 0. The zero-order valence-corrected chi connectivity index (χ0v) is 18.3. The molecule has 0 saturated heterocycles. The van der Waals surface area contributed by atoms with E-state index in [4.69, 9.17) is 16.3 Å². The van der Waals surface area contributed by atoms with Gasteiger partial charge in [0.1, 0.15) is 0 Å². The molecule has 0 N–H and O–H groups in total. The number of benzene rings is 3. The molecule has 0 atom stereocenters. The summed E-state index contributed by atoms with van der Waals surface area (Å²) < 4.78 is 5.05. The van der Waals surface area contributed by atoms with Crippen molar-refractivity contribution in [2.24, 2.45) is 0 Å². The smallest absolute Gasteiger partial charge is 0.305 e. The fourth-order valence-electron chi connectivity index (χ4n) is 3.56. The van der Waals surface area contributed by atoms with Gasteiger partial charge in [-0.15, -0.1) is 0 Å². The number of amides is 1. The SMILES string of the molecule is CCOC(=O)CCCN(C(=O)c1ccc(Cl)cc1)C(c1ccccc1)c1ccccc1. The summed E-state index contributed by atoms with van der Waals surface area (Å²) in [5, 5.41) is 0.577. The van der Waals surface area contributed by atoms with Crippen molar-refractivity contribution in [3.63, 3.8) is 0 Å². The van der Waals surface area contributed by atoms with Crippen LogP contribution in [0.4, 0.5) is 0 Å². The third kappa shape index (κ3) is 6.19. The summed E-state index contributed by atoms with van der Waals surface area (Å²) in [5.41, 5.74) is 2.57. The third-order valence-electron chi connectivity index (χ3n) is 4.98. The molecule has 0 aliphatic rings. The first-order valence-electron chi connectivity index (χ1n) is 10.4. The Morgan fingerprint density at radius 1 is 0.871 bits per heavy atom. The molecule has 0 unspecified atom stereocenters. The molecule has 1 amide bonds. The van der Waals surface area contributed by atoms with Crippen LogP contribution in [0.1, 0.15) is 47.3 Å². The Morgan fingerprint density at radius 3 is 1.94 bits per heavy atom. The lowest BCUT2D eigenvalue weighted by molar-refractivity contribution is -0.143. The number of nitrogens with zero attached hydrogens (tertiary/aromatic N) is 1. The van der Waals surface area contributed by atoms with Crippen LogP contribution in [-0.4, -0.2) is 29.9 Å². The number of hydrogen-bond acceptors (Lipinski definition) is 3. The van der Waals surface area contributed by atoms with Crippen LogP contribution < -0.4 is 0 Å². The molecule has 0 bridgehead atoms. The minimum Gasteiger partial charge on any atom is -0.466 e. The van der Waals surface area contributed by atoms with Gasteiger partial charge in [-0.05, 0) is 48.7 Å². The third-order valence-corrected chi connectivity index (χ3v) is 5.23. The highest BCUT2D eigenvalue weighted by Gasteiger charge is 2.27. The molecule has 0 aliphatic heterocycles. The molecule has 0 spiro atoms. The minimum atomic E-state index is -0.284. The summed E-state index contributed by atoms with van der Waals surface area (Å²) in [4.78, 5) is 27.3. The second-order valence-electron chi connectivity index (χ2n) is 7.14. The molecule has 0 fully saturated rings. The first-order chi connectivity index (χ1) is 15.1. The van der Waals surface area contributed by atoms with Gasteiger partial charge in [-0.25, -0.2) is 0 Å². The first-order valence-corrected chi connectivity index (χ1v) is 10.8. The lowest BCUT2D eigenvalue weighted by Gasteiger charge is -2.33. The fourth-order valence-corrected chi connectivity index (χ4v) is 3.68. The van der Waals surface area contributed by atoms with E-state index in [1.54, 1.807) is 31.2 Å². The van der Waals surface area contributed by atoms with Gasteiger partial charge in [0.25, 0.3) is 5.91 Å². The zero-order valence-electron chi connectivity index (χ0n) is 17.5. The first kappa shape index (κ1) is 22.6. The Hall–Kier alpha value is -3.11. The fraction of sp³-hybridized carbons (Fsp3) is 0.231. The van der Waals surface area contributed by atoms with Crippen molar-refractivity contribution in [3.8, 4) is 0 Å². The number of carbonyl (C=O) groups is 2. The van der Waals surface area contributed by atoms with E-state index >= 15 is 0 Å². The van der Waals surface area contributed by atoms with Crippen molar-refractivity contribution in [2.75, 3.05) is 13.2 Å². The normalized spacial score (nSPS) is 10.7. The number of halogens is 1. The maximum Gasteiger partial charge on any atom is 0.305 e. The molecule has 3 rings (SSSR count). The van der Waals surface area contributed by atoms with Gasteiger partial charge in [0.2, 0.25) is 0 Å². The van der Waals surface area contributed by atoms with Crippen LogP contribution in [0.25, 0.3) is 0 Å². The number of ether oxygens (including phenoxy) is 1. The zero-order chi connectivity index (χ0) is 22.1. The maximum atomic E-state index is 13.6. The highest BCUT2D eigenvalue weighted by atomic mass is 35.5. The van der Waals surface area contributed by atoms with Crippen molar-refractivity contribution < 1.29 is 14.3 Å². The lowest BCUT2D eigenvalue weighted by Crippen LogP contribution is -2.36. The Labute approximate surface area is 188 Å². The molecule has 31 heavy (non-hydrogen) atoms. The van der Waals surface area contributed by atoms with Gasteiger partial charge in [-0.1, -0.05) is 72.3 Å². The number of hydrogen-bond donors (Lipinski definition) is 0. The van der Waals surface area contributed by atoms with E-state index in [2.05, 4.69) is 0 Å². The molecule has 3 aromatic rings. The second-order valence-corrected chi connectivity index (χ2v) is 7.57. The largest absolute Gasteiger partial charge is 0.466 e. The van der Waals surface area contributed by atoms with Gasteiger partial charge in [0.15, 0.2) is 0 Å². The molecule has 0 radical (unpaired) electrons. The van der Waals surface area contributed by atoms with Crippen LogP contribution in [-0.2, 0) is 9.53 Å². The van der Waals surface area contributed by atoms with E-state index in [9.17, 15) is 9.59 Å².